The van der Waals surface area contributed by atoms with Gasteiger partial charge in [-0.1, -0.05) is 0 Å². The van der Waals surface area contributed by atoms with Gasteiger partial charge in [0.2, 0.25) is 0 Å². The van der Waals surface area contributed by atoms with Gasteiger partial charge in [0.1, 0.15) is 0 Å². The average molecular weight is 699 g/mol. The molecule has 3 N–H and O–H groups in total. The molecule has 0 amide bonds. The van der Waals surface area contributed by atoms with Crippen LogP contribution in [0.2, 0.25) is 0 Å². The number of nitriles is 1. The molecule has 0 aliphatic carbocycles. The van der Waals surface area contributed by atoms with Crippen LogP contribution in [0.1, 0.15) is 44.4 Å². The van der Waals surface area contributed by atoms with Gasteiger partial charge in [0.15, 0.2) is 0 Å². The molecule has 2 unspecified atom stereocenters. The van der Waals surface area contributed by atoms with E-state index >= 15 is 0 Å². The number of hydrogen-bond acceptors (Lipinski definition) is 10. The fourth-order valence-corrected chi connectivity index (χ4v) is 10.6. The Kier molecular flexibility index (Phi) is 10.9. The Hall–Kier alpha value is -4.11. The molecule has 0 spiro atoms. The Morgan fingerprint density at radius 3 is 1.70 bits per heavy atom. The third-order valence-corrected chi connectivity index (χ3v) is 12.5. The van der Waals surface area contributed by atoms with E-state index in [1.165, 1.54) is 26.9 Å². The number of methoxy groups -OCH3 is 2. The second kappa shape index (κ2) is 14.6. The van der Waals surface area contributed by atoms with Gasteiger partial charge in [0.25, 0.3) is 0 Å². The predicted molar refractivity (Wildman–Crippen MR) is 195 cm³/mol. The Morgan fingerprint density at radius 2 is 1.28 bits per heavy atom. The van der Waals surface area contributed by atoms with Crippen LogP contribution >= 0.6 is 7.28 Å². The van der Waals surface area contributed by atoms with Crippen LogP contribution in [0.3, 0.4) is 0 Å². The predicted octanol–water partition coefficient (Wildman–Crippen LogP) is 5.50. The molecule has 0 fully saturated rings. The molecule has 2 aromatic heterocycles. The first kappa shape index (κ1) is 37.2. The van der Waals surface area contributed by atoms with E-state index in [4.69, 9.17) is 9.47 Å². The van der Waals surface area contributed by atoms with Gasteiger partial charge in [-0.15, -0.1) is 0 Å². The van der Waals surface area contributed by atoms with Crippen LogP contribution in [0.15, 0.2) is 110 Å². The molecular weight excluding hydrogens is 651 g/mol. The van der Waals surface area contributed by atoms with Crippen molar-refractivity contribution in [1.29, 1.82) is 5.26 Å². The summed E-state index contributed by atoms with van der Waals surface area (Å²) in [5.41, 5.74) is -0.0665. The van der Waals surface area contributed by atoms with Crippen LogP contribution in [0.25, 0.3) is 11.2 Å². The van der Waals surface area contributed by atoms with Crippen molar-refractivity contribution in [2.24, 2.45) is 0 Å². The van der Waals surface area contributed by atoms with Crippen LogP contribution in [0.5, 0.6) is 0 Å². The van der Waals surface area contributed by atoms with E-state index in [2.05, 4.69) is 21.0 Å². The Balaban J connectivity index is 1.91. The Morgan fingerprint density at radius 1 is 0.800 bits per heavy atom. The van der Waals surface area contributed by atoms with E-state index in [9.17, 15) is 19.9 Å². The number of hydrogen-bond donors (Lipinski definition) is 3. The number of benzene rings is 3. The fraction of sp³-hybridized carbons (Fsp3) is 0.368. The number of nitrogens with zero attached hydrogens (tertiary/aromatic N) is 6. The SMILES string of the molecule is COC(OC)(C(Cn1cnc2cncnc21)P(O)(O)(O)CC(C#N)N(C(C)C)C(C)C)C(c1ccccc1)(c1ccccc1)c1ccccc1. The van der Waals surface area contributed by atoms with Crippen LogP contribution in [0.4, 0.5) is 0 Å². The zero-order valence-electron chi connectivity index (χ0n) is 29.4. The molecule has 264 valence electrons. The molecule has 0 saturated carbocycles. The van der Waals surface area contributed by atoms with E-state index in [1.807, 2.05) is 124 Å². The van der Waals surface area contributed by atoms with Gasteiger partial charge in [-0.25, -0.2) is 0 Å². The average Bonchev–Trinajstić information content (AvgIpc) is 3.53. The van der Waals surface area contributed by atoms with Crippen molar-refractivity contribution in [3.8, 4) is 6.07 Å². The van der Waals surface area contributed by atoms with E-state index in [0.717, 1.165) is 0 Å². The molecule has 2 heterocycles. The third kappa shape index (κ3) is 6.57. The van der Waals surface area contributed by atoms with Gasteiger partial charge in [-0.2, -0.15) is 0 Å². The second-order valence-electron chi connectivity index (χ2n) is 13.3. The van der Waals surface area contributed by atoms with Crippen LogP contribution in [-0.4, -0.2) is 89.1 Å². The zero-order chi connectivity index (χ0) is 36.2. The maximum atomic E-state index is 12.9. The molecular formula is C38H47N6O5P. The third-order valence-electron chi connectivity index (χ3n) is 9.70. The standard InChI is InChI=1S/C38H47N6O5P/c1-28(2)44(29(3)4)33(22-39)25-50(45,46,47)35(24-43-27-42-34-23-40-26-41-36(34)43)38(48-5,49-6)37(30-16-10-7-11-17-30,31-18-12-8-13-19-31)32-20-14-9-15-21-32/h7-21,23,26-29,33,35,45-47H,24-25H2,1-6H3. The van der Waals surface area contributed by atoms with Gasteiger partial charge in [0, 0.05) is 0 Å². The van der Waals surface area contributed by atoms with E-state index < -0.39 is 36.3 Å². The van der Waals surface area contributed by atoms with E-state index in [1.54, 1.807) is 10.8 Å². The quantitative estimate of drug-likeness (QED) is 0.0727. The number of imidazole rings is 1. The van der Waals surface area contributed by atoms with E-state index in [-0.39, 0.29) is 18.6 Å². The van der Waals surface area contributed by atoms with Crippen molar-refractivity contribution >= 4 is 18.4 Å². The summed E-state index contributed by atoms with van der Waals surface area (Å²) in [5.74, 6) is -2.06. The molecule has 0 aliphatic heterocycles. The molecule has 0 bridgehead atoms. The summed E-state index contributed by atoms with van der Waals surface area (Å²) in [6.07, 6.45) is 3.78. The first-order chi connectivity index (χ1) is 23.8. The molecule has 5 aromatic rings. The molecule has 0 saturated heterocycles. The summed E-state index contributed by atoms with van der Waals surface area (Å²) in [6.45, 7) is 7.45. The molecule has 2 atom stereocenters. The van der Waals surface area contributed by atoms with Crippen molar-refractivity contribution in [3.05, 3.63) is 127 Å². The van der Waals surface area contributed by atoms with Crippen LogP contribution < -0.4 is 0 Å². The van der Waals surface area contributed by atoms with Gasteiger partial charge < -0.3 is 0 Å². The number of fused-ring (bicyclic) bond motifs is 1. The molecule has 3 aromatic carbocycles. The summed E-state index contributed by atoms with van der Waals surface area (Å²) < 4.78 is 14.9. The molecule has 11 nitrogen and oxygen atoms in total. The first-order valence-corrected chi connectivity index (χ1v) is 19.0. The topological polar surface area (TPSA) is 150 Å². The number of rotatable bonds is 15. The Bertz CT molecular complexity index is 1780. The van der Waals surface area contributed by atoms with E-state index in [0.29, 0.717) is 27.9 Å². The summed E-state index contributed by atoms with van der Waals surface area (Å²) >= 11 is 0. The monoisotopic (exact) mass is 698 g/mol. The number of aromatic nitrogens is 4. The number of ether oxygens (including phenoxy) is 2. The van der Waals surface area contributed by atoms with Crippen molar-refractivity contribution in [1.82, 2.24) is 24.4 Å². The van der Waals surface area contributed by atoms with Gasteiger partial charge in [0.05, 0.1) is 0 Å². The van der Waals surface area contributed by atoms with Crippen LogP contribution in [-0.2, 0) is 21.4 Å². The molecule has 5 rings (SSSR count). The van der Waals surface area contributed by atoms with Crippen molar-refractivity contribution in [2.45, 2.75) is 69.2 Å². The normalized spacial score (nSPS) is 14.8. The minimum absolute atomic E-state index is 0.147. The summed E-state index contributed by atoms with van der Waals surface area (Å²) in [4.78, 5) is 53.4. The van der Waals surface area contributed by atoms with Gasteiger partial charge in [-0.3, -0.25) is 0 Å². The van der Waals surface area contributed by atoms with Gasteiger partial charge in [-0.05, 0) is 0 Å². The van der Waals surface area contributed by atoms with Gasteiger partial charge >= 0.3 is 294 Å². The second-order valence-corrected chi connectivity index (χ2v) is 16.7. The van der Waals surface area contributed by atoms with Crippen LogP contribution in [0, 0.1) is 11.3 Å². The summed E-state index contributed by atoms with van der Waals surface area (Å²) in [7, 11) is -3.25. The van der Waals surface area contributed by atoms with Crippen molar-refractivity contribution < 1.29 is 24.2 Å². The molecule has 12 heteroatoms. The summed E-state index contributed by atoms with van der Waals surface area (Å²) in [5, 5.41) is 10.6. The van der Waals surface area contributed by atoms with Crippen molar-refractivity contribution in [3.63, 3.8) is 0 Å². The Labute approximate surface area is 294 Å². The maximum absolute atomic E-state index is 12.9. The molecule has 0 aliphatic rings. The van der Waals surface area contributed by atoms with Crippen molar-refractivity contribution in [2.75, 3.05) is 20.4 Å². The minimum atomic E-state index is -6.13. The molecule has 0 radical (unpaired) electrons. The fourth-order valence-electron chi connectivity index (χ4n) is 7.83. The zero-order valence-corrected chi connectivity index (χ0v) is 30.3. The molecule has 50 heavy (non-hydrogen) atoms. The summed E-state index contributed by atoms with van der Waals surface area (Å²) in [6, 6.07) is 29.6. The first-order valence-electron chi connectivity index (χ1n) is 16.6.